The average Bonchev–Trinajstić information content (AvgIpc) is 2.56. The predicted molar refractivity (Wildman–Crippen MR) is 69.1 cm³/mol. The molecule has 0 fully saturated rings. The number of thioether (sulfide) groups is 1. The van der Waals surface area contributed by atoms with Gasteiger partial charge in [-0.3, -0.25) is 5.10 Å². The fourth-order valence-corrected chi connectivity index (χ4v) is 1.99. The molecule has 0 bridgehead atoms. The summed E-state index contributed by atoms with van der Waals surface area (Å²) >= 11 is 7.11. The Morgan fingerprint density at radius 2 is 2.13 bits per heavy atom. The second-order valence-corrected chi connectivity index (χ2v) is 5.69. The number of nitrogens with one attached hydrogen (secondary N) is 1. The van der Waals surface area contributed by atoms with Crippen molar-refractivity contribution in [2.75, 3.05) is 6.26 Å². The Labute approximate surface area is 101 Å². The maximum absolute atomic E-state index is 5.22. The highest BCUT2D eigenvalue weighted by Crippen LogP contribution is 2.15. The third kappa shape index (κ3) is 3.34. The molecule has 5 heteroatoms. The van der Waals surface area contributed by atoms with Crippen LogP contribution in [-0.2, 0) is 6.54 Å². The number of nitrogens with zero attached hydrogens (tertiary/aromatic N) is 2. The third-order valence-corrected chi connectivity index (χ3v) is 3.82. The first kappa shape index (κ1) is 12.8. The Hall–Kier alpha value is -0.290. The molecule has 0 saturated heterocycles. The van der Waals surface area contributed by atoms with Gasteiger partial charge in [-0.25, -0.2) is 0 Å². The summed E-state index contributed by atoms with van der Waals surface area (Å²) in [5, 5.41) is 7.80. The van der Waals surface area contributed by atoms with Crippen LogP contribution in [0.2, 0.25) is 0 Å². The minimum atomic E-state index is 0.419. The third-order valence-electron chi connectivity index (χ3n) is 2.47. The van der Waals surface area contributed by atoms with Crippen molar-refractivity contribution in [2.45, 2.75) is 44.9 Å². The van der Waals surface area contributed by atoms with Crippen LogP contribution < -0.4 is 0 Å². The zero-order chi connectivity index (χ0) is 11.4. The van der Waals surface area contributed by atoms with E-state index in [9.17, 15) is 0 Å². The molecule has 3 nitrogen and oxygen atoms in total. The van der Waals surface area contributed by atoms with Crippen LogP contribution in [0.4, 0.5) is 0 Å². The molecule has 0 amide bonds. The average molecular weight is 245 g/mol. The van der Waals surface area contributed by atoms with Gasteiger partial charge < -0.3 is 4.57 Å². The summed E-state index contributed by atoms with van der Waals surface area (Å²) in [5.41, 5.74) is 0. The molecule has 0 radical (unpaired) electrons. The van der Waals surface area contributed by atoms with E-state index in [1.54, 1.807) is 0 Å². The van der Waals surface area contributed by atoms with Crippen molar-refractivity contribution in [2.24, 2.45) is 0 Å². The van der Waals surface area contributed by atoms with Crippen LogP contribution in [0.5, 0.6) is 0 Å². The van der Waals surface area contributed by atoms with Gasteiger partial charge in [0.2, 0.25) is 0 Å². The number of hydrogen-bond acceptors (Lipinski definition) is 3. The van der Waals surface area contributed by atoms with Crippen LogP contribution in [0, 0.1) is 4.77 Å². The molecule has 1 rings (SSSR count). The highest BCUT2D eigenvalue weighted by molar-refractivity contribution is 7.99. The molecule has 0 aromatic carbocycles. The lowest BCUT2D eigenvalue weighted by Gasteiger charge is -2.11. The van der Waals surface area contributed by atoms with Gasteiger partial charge in [-0.1, -0.05) is 20.8 Å². The van der Waals surface area contributed by atoms with Crippen molar-refractivity contribution in [3.05, 3.63) is 10.6 Å². The van der Waals surface area contributed by atoms with Crippen LogP contribution in [0.15, 0.2) is 0 Å². The summed E-state index contributed by atoms with van der Waals surface area (Å²) in [4.78, 5) is 0. The van der Waals surface area contributed by atoms with E-state index in [4.69, 9.17) is 12.2 Å². The van der Waals surface area contributed by atoms with E-state index in [0.29, 0.717) is 11.2 Å². The van der Waals surface area contributed by atoms with E-state index in [2.05, 4.69) is 41.8 Å². The Bertz CT molecular complexity index is 354. The molecule has 1 N–H and O–H groups in total. The molecule has 86 valence electrons. The summed E-state index contributed by atoms with van der Waals surface area (Å²) < 4.78 is 2.86. The lowest BCUT2D eigenvalue weighted by Crippen LogP contribution is -2.09. The summed E-state index contributed by atoms with van der Waals surface area (Å²) in [6, 6.07) is 0. The fourth-order valence-electron chi connectivity index (χ4n) is 1.42. The van der Waals surface area contributed by atoms with Crippen molar-refractivity contribution in [3.63, 3.8) is 0 Å². The van der Waals surface area contributed by atoms with E-state index in [1.807, 2.05) is 11.8 Å². The minimum absolute atomic E-state index is 0.419. The standard InChI is InChI=1S/C10H19N3S2/c1-7(2)9-11-12-10(14)13(9)6-5-8(3)15-4/h7-8H,5-6H2,1-4H3,(H,12,14). The Kier molecular flexibility index (Phi) is 4.86. The zero-order valence-corrected chi connectivity index (χ0v) is 11.4. The van der Waals surface area contributed by atoms with E-state index in [1.165, 1.54) is 0 Å². The van der Waals surface area contributed by atoms with E-state index >= 15 is 0 Å². The van der Waals surface area contributed by atoms with Gasteiger partial charge in [-0.2, -0.15) is 16.9 Å². The highest BCUT2D eigenvalue weighted by atomic mass is 32.2. The van der Waals surface area contributed by atoms with E-state index in [-0.39, 0.29) is 0 Å². The van der Waals surface area contributed by atoms with Crippen molar-refractivity contribution >= 4 is 24.0 Å². The van der Waals surface area contributed by atoms with Gasteiger partial charge in [0, 0.05) is 17.7 Å². The van der Waals surface area contributed by atoms with Gasteiger partial charge in [0.15, 0.2) is 4.77 Å². The summed E-state index contributed by atoms with van der Waals surface area (Å²) in [6.07, 6.45) is 3.28. The van der Waals surface area contributed by atoms with Crippen molar-refractivity contribution in [3.8, 4) is 0 Å². The Morgan fingerprint density at radius 1 is 1.47 bits per heavy atom. The van der Waals surface area contributed by atoms with Gasteiger partial charge in [0.25, 0.3) is 0 Å². The molecule has 0 aliphatic rings. The molecular formula is C10H19N3S2. The highest BCUT2D eigenvalue weighted by Gasteiger charge is 2.10. The second-order valence-electron chi connectivity index (χ2n) is 4.03. The molecule has 0 aliphatic carbocycles. The van der Waals surface area contributed by atoms with Crippen molar-refractivity contribution < 1.29 is 0 Å². The molecule has 0 aliphatic heterocycles. The summed E-state index contributed by atoms with van der Waals surface area (Å²) in [5.74, 6) is 1.48. The van der Waals surface area contributed by atoms with Gasteiger partial charge >= 0.3 is 0 Å². The summed E-state index contributed by atoms with van der Waals surface area (Å²) in [6.45, 7) is 7.48. The van der Waals surface area contributed by atoms with Crippen molar-refractivity contribution in [1.82, 2.24) is 14.8 Å². The molecule has 1 aromatic rings. The quantitative estimate of drug-likeness (QED) is 0.809. The number of hydrogen-bond donors (Lipinski definition) is 1. The zero-order valence-electron chi connectivity index (χ0n) is 9.78. The van der Waals surface area contributed by atoms with Crippen LogP contribution in [0.1, 0.15) is 38.9 Å². The van der Waals surface area contributed by atoms with E-state index in [0.717, 1.165) is 23.6 Å². The maximum Gasteiger partial charge on any atom is 0.195 e. The summed E-state index contributed by atoms with van der Waals surface area (Å²) in [7, 11) is 0. The van der Waals surface area contributed by atoms with Gasteiger partial charge in [0.1, 0.15) is 5.82 Å². The first-order chi connectivity index (χ1) is 7.06. The van der Waals surface area contributed by atoms with Crippen LogP contribution in [0.25, 0.3) is 0 Å². The normalized spacial score (nSPS) is 13.4. The lowest BCUT2D eigenvalue weighted by atomic mass is 10.2. The molecule has 1 unspecified atom stereocenters. The maximum atomic E-state index is 5.22. The van der Waals surface area contributed by atoms with Gasteiger partial charge in [-0.05, 0) is 24.9 Å². The number of aromatic amines is 1. The first-order valence-electron chi connectivity index (χ1n) is 5.24. The molecule has 15 heavy (non-hydrogen) atoms. The molecule has 1 heterocycles. The monoisotopic (exact) mass is 245 g/mol. The van der Waals surface area contributed by atoms with Gasteiger partial charge in [-0.15, -0.1) is 0 Å². The Morgan fingerprint density at radius 3 is 2.67 bits per heavy atom. The predicted octanol–water partition coefficient (Wildman–Crippen LogP) is 3.21. The fraction of sp³-hybridized carbons (Fsp3) is 0.800. The molecular weight excluding hydrogens is 226 g/mol. The van der Waals surface area contributed by atoms with Crippen LogP contribution >= 0.6 is 24.0 Å². The SMILES string of the molecule is CSC(C)CCn1c(C(C)C)n[nH]c1=S. The largest absolute Gasteiger partial charge is 0.304 e. The number of rotatable bonds is 5. The van der Waals surface area contributed by atoms with Gasteiger partial charge in [0.05, 0.1) is 0 Å². The molecule has 1 atom stereocenters. The van der Waals surface area contributed by atoms with Crippen LogP contribution in [0.3, 0.4) is 0 Å². The molecule has 0 saturated carbocycles. The number of aromatic nitrogens is 3. The molecule has 0 spiro atoms. The smallest absolute Gasteiger partial charge is 0.195 e. The van der Waals surface area contributed by atoms with Crippen LogP contribution in [-0.4, -0.2) is 26.3 Å². The van der Waals surface area contributed by atoms with E-state index < -0.39 is 0 Å². The van der Waals surface area contributed by atoms with Crippen molar-refractivity contribution in [1.29, 1.82) is 0 Å². The number of H-pyrrole nitrogens is 1. The first-order valence-corrected chi connectivity index (χ1v) is 6.93. The minimum Gasteiger partial charge on any atom is -0.304 e. The topological polar surface area (TPSA) is 33.6 Å². The molecule has 1 aromatic heterocycles. The Balaban J connectivity index is 2.75. The lowest BCUT2D eigenvalue weighted by molar-refractivity contribution is 0.583. The second kappa shape index (κ2) is 5.70.